The third kappa shape index (κ3) is 6.48. The number of nitriles is 2. The summed E-state index contributed by atoms with van der Waals surface area (Å²) in [6.07, 6.45) is 5.93. The average Bonchev–Trinajstić information content (AvgIpc) is 2.86. The van der Waals surface area contributed by atoms with E-state index in [4.69, 9.17) is 9.47 Å². The van der Waals surface area contributed by atoms with Gasteiger partial charge in [-0.15, -0.1) is 0 Å². The maximum atomic E-state index is 10.2. The average molecular weight is 506 g/mol. The molecule has 1 aliphatic heterocycles. The van der Waals surface area contributed by atoms with E-state index in [0.717, 1.165) is 66.2 Å². The quantitative estimate of drug-likeness (QED) is 0.254. The highest BCUT2D eigenvalue weighted by molar-refractivity contribution is 7.99. The zero-order valence-corrected chi connectivity index (χ0v) is 23.2. The van der Waals surface area contributed by atoms with Gasteiger partial charge in [-0.3, -0.25) is 0 Å². The van der Waals surface area contributed by atoms with Gasteiger partial charge in [0.05, 0.1) is 23.8 Å². The first-order valence-electron chi connectivity index (χ1n) is 13.3. The van der Waals surface area contributed by atoms with Crippen LogP contribution in [0, 0.1) is 34.5 Å². The number of para-hydroxylation sites is 1. The molecule has 0 bridgehead atoms. The Balaban J connectivity index is 2.16. The molecule has 2 aromatic carbocycles. The second-order valence-electron chi connectivity index (χ2n) is 10.2. The Morgan fingerprint density at radius 1 is 0.861 bits per heavy atom. The second-order valence-corrected chi connectivity index (χ2v) is 11.2. The third-order valence-electron chi connectivity index (χ3n) is 6.28. The Morgan fingerprint density at radius 3 is 2.03 bits per heavy atom. The molecule has 0 unspecified atom stereocenters. The van der Waals surface area contributed by atoms with Gasteiger partial charge in [0.2, 0.25) is 0 Å². The van der Waals surface area contributed by atoms with Gasteiger partial charge in [0.1, 0.15) is 29.0 Å². The Bertz CT molecular complexity index is 1110. The summed E-state index contributed by atoms with van der Waals surface area (Å²) in [4.78, 5) is 4.27. The number of anilines is 2. The van der Waals surface area contributed by atoms with Crippen LogP contribution in [-0.2, 0) is 0 Å². The lowest BCUT2D eigenvalue weighted by Crippen LogP contribution is -2.24. The normalized spacial score (nSPS) is 12.2. The monoisotopic (exact) mass is 505 g/mol. The van der Waals surface area contributed by atoms with Crippen molar-refractivity contribution in [1.82, 2.24) is 0 Å². The van der Waals surface area contributed by atoms with Crippen LogP contribution in [0.25, 0.3) is 0 Å². The van der Waals surface area contributed by atoms with Gasteiger partial charge < -0.3 is 14.4 Å². The predicted molar refractivity (Wildman–Crippen MR) is 147 cm³/mol. The van der Waals surface area contributed by atoms with Crippen molar-refractivity contribution >= 4 is 23.1 Å². The van der Waals surface area contributed by atoms with Crippen molar-refractivity contribution in [3.05, 3.63) is 35.4 Å². The number of ether oxygens (including phenoxy) is 2. The summed E-state index contributed by atoms with van der Waals surface area (Å²) in [6.45, 7) is 12.8. The zero-order valence-electron chi connectivity index (χ0n) is 22.4. The molecule has 0 fully saturated rings. The second kappa shape index (κ2) is 13.5. The highest BCUT2D eigenvalue weighted by Gasteiger charge is 2.34. The molecule has 0 radical (unpaired) electrons. The lowest BCUT2D eigenvalue weighted by atomic mass is 10.0. The van der Waals surface area contributed by atoms with Crippen LogP contribution in [0.5, 0.6) is 11.5 Å². The Morgan fingerprint density at radius 2 is 1.44 bits per heavy atom. The smallest absolute Gasteiger partial charge is 0.163 e. The number of hydrogen-bond acceptors (Lipinski definition) is 6. The highest BCUT2D eigenvalue weighted by Crippen LogP contribution is 2.57. The van der Waals surface area contributed by atoms with Crippen molar-refractivity contribution in [2.24, 2.45) is 11.8 Å². The van der Waals surface area contributed by atoms with Gasteiger partial charge >= 0.3 is 0 Å². The molecule has 36 heavy (non-hydrogen) atoms. The molecule has 1 aliphatic rings. The molecule has 0 spiro atoms. The van der Waals surface area contributed by atoms with E-state index in [0.29, 0.717) is 36.5 Å². The van der Waals surface area contributed by atoms with E-state index in [1.807, 2.05) is 12.1 Å². The number of nitrogens with zero attached hydrogens (tertiary/aromatic N) is 3. The molecule has 5 nitrogen and oxygen atoms in total. The van der Waals surface area contributed by atoms with Crippen molar-refractivity contribution in [1.29, 1.82) is 10.5 Å². The number of rotatable bonds is 13. The molecule has 0 saturated carbocycles. The molecule has 0 saturated heterocycles. The van der Waals surface area contributed by atoms with Crippen molar-refractivity contribution in [3.63, 3.8) is 0 Å². The highest BCUT2D eigenvalue weighted by atomic mass is 32.2. The number of hydrogen-bond donors (Lipinski definition) is 0. The number of benzene rings is 2. The van der Waals surface area contributed by atoms with Crippen LogP contribution in [0.15, 0.2) is 34.1 Å². The largest absolute Gasteiger partial charge is 0.491 e. The standard InChI is InChI=1S/C30H39N3O2S/c1-6-7-16-33-25-14-8-9-15-26(25)36-30-27(33)28(34-17-10-12-21(2)3)23(19-31)24(20-32)29(30)35-18-11-13-22(4)5/h8-9,14-15,21-22H,6-7,10-13,16-18H2,1-5H3. The molecule has 6 heteroatoms. The van der Waals surface area contributed by atoms with Crippen molar-refractivity contribution in [2.45, 2.75) is 82.9 Å². The van der Waals surface area contributed by atoms with Gasteiger partial charge in [-0.2, -0.15) is 10.5 Å². The first-order chi connectivity index (χ1) is 17.4. The van der Waals surface area contributed by atoms with E-state index < -0.39 is 0 Å². The predicted octanol–water partition coefficient (Wildman–Crippen LogP) is 8.46. The molecule has 2 aromatic rings. The Hall–Kier alpha value is -2.83. The number of fused-ring (bicyclic) bond motifs is 2. The van der Waals surface area contributed by atoms with E-state index in [9.17, 15) is 10.5 Å². The minimum absolute atomic E-state index is 0.279. The molecular formula is C30H39N3O2S. The SMILES string of the molecule is CCCCN1c2ccccc2Sc2c(OCCCC(C)C)c(C#N)c(C#N)c(OCCCC(C)C)c21. The van der Waals surface area contributed by atoms with E-state index >= 15 is 0 Å². The maximum Gasteiger partial charge on any atom is 0.163 e. The van der Waals surface area contributed by atoms with Crippen molar-refractivity contribution in [3.8, 4) is 23.6 Å². The summed E-state index contributed by atoms with van der Waals surface area (Å²) in [6, 6.07) is 12.9. The van der Waals surface area contributed by atoms with Crippen LogP contribution in [0.3, 0.4) is 0 Å². The minimum atomic E-state index is 0.279. The first-order valence-corrected chi connectivity index (χ1v) is 14.1. The van der Waals surface area contributed by atoms with Gasteiger partial charge in [0.25, 0.3) is 0 Å². The zero-order chi connectivity index (χ0) is 26.1. The molecule has 1 heterocycles. The summed E-state index contributed by atoms with van der Waals surface area (Å²) >= 11 is 1.61. The fraction of sp³-hybridized carbons (Fsp3) is 0.533. The molecular weight excluding hydrogens is 466 g/mol. The molecule has 0 amide bonds. The van der Waals surface area contributed by atoms with Gasteiger partial charge in [0.15, 0.2) is 11.5 Å². The topological polar surface area (TPSA) is 69.3 Å². The van der Waals surface area contributed by atoms with Crippen LogP contribution < -0.4 is 14.4 Å². The van der Waals surface area contributed by atoms with Gasteiger partial charge in [-0.25, -0.2) is 0 Å². The third-order valence-corrected chi connectivity index (χ3v) is 7.43. The molecule has 3 rings (SSSR count). The van der Waals surface area contributed by atoms with Crippen LogP contribution in [0.2, 0.25) is 0 Å². The molecule has 192 valence electrons. The van der Waals surface area contributed by atoms with Gasteiger partial charge in [-0.05, 0) is 56.1 Å². The lowest BCUT2D eigenvalue weighted by Gasteiger charge is -2.35. The molecule has 0 aromatic heterocycles. The fourth-order valence-corrected chi connectivity index (χ4v) is 5.58. The molecule has 0 atom stereocenters. The lowest BCUT2D eigenvalue weighted by molar-refractivity contribution is 0.283. The van der Waals surface area contributed by atoms with E-state index in [-0.39, 0.29) is 11.1 Å². The minimum Gasteiger partial charge on any atom is -0.491 e. The van der Waals surface area contributed by atoms with Crippen LogP contribution in [0.4, 0.5) is 11.4 Å². The first kappa shape index (κ1) is 27.8. The Kier molecular flexibility index (Phi) is 10.4. The van der Waals surface area contributed by atoms with Crippen LogP contribution in [-0.4, -0.2) is 19.8 Å². The summed E-state index contributed by atoms with van der Waals surface area (Å²) in [5.74, 6) is 2.20. The van der Waals surface area contributed by atoms with E-state index in [2.05, 4.69) is 63.8 Å². The van der Waals surface area contributed by atoms with E-state index in [1.54, 1.807) is 11.8 Å². The van der Waals surface area contributed by atoms with Crippen LogP contribution >= 0.6 is 11.8 Å². The Labute approximate surface area is 221 Å². The van der Waals surface area contributed by atoms with Crippen LogP contribution in [0.1, 0.15) is 84.3 Å². The summed E-state index contributed by atoms with van der Waals surface area (Å²) in [7, 11) is 0. The fourth-order valence-electron chi connectivity index (χ4n) is 4.38. The summed E-state index contributed by atoms with van der Waals surface area (Å²) in [5.41, 5.74) is 2.53. The molecule has 0 N–H and O–H groups in total. The summed E-state index contributed by atoms with van der Waals surface area (Å²) in [5, 5.41) is 20.4. The van der Waals surface area contributed by atoms with E-state index in [1.165, 1.54) is 0 Å². The van der Waals surface area contributed by atoms with Crippen molar-refractivity contribution in [2.75, 3.05) is 24.7 Å². The van der Waals surface area contributed by atoms with Crippen molar-refractivity contribution < 1.29 is 9.47 Å². The number of unbranched alkanes of at least 4 members (excludes halogenated alkanes) is 1. The maximum absolute atomic E-state index is 10.2. The molecule has 0 aliphatic carbocycles. The van der Waals surface area contributed by atoms with Gasteiger partial charge in [0, 0.05) is 11.4 Å². The summed E-state index contributed by atoms with van der Waals surface area (Å²) < 4.78 is 12.7. The van der Waals surface area contributed by atoms with Gasteiger partial charge in [-0.1, -0.05) is 64.9 Å².